The van der Waals surface area contributed by atoms with Gasteiger partial charge in [0.15, 0.2) is 0 Å². The van der Waals surface area contributed by atoms with Gasteiger partial charge in [-0.25, -0.2) is 9.59 Å². The second kappa shape index (κ2) is 6.58. The largest absolute Gasteiger partial charge is 0.480 e. The summed E-state index contributed by atoms with van der Waals surface area (Å²) in [6.07, 6.45) is 0. The van der Waals surface area contributed by atoms with Gasteiger partial charge in [0.05, 0.1) is 6.54 Å². The molecule has 0 saturated heterocycles. The number of carbonyl (C=O) groups is 2. The first kappa shape index (κ1) is 17.0. The van der Waals surface area contributed by atoms with E-state index in [4.69, 9.17) is 0 Å². The second-order valence-electron chi connectivity index (χ2n) is 5.67. The summed E-state index contributed by atoms with van der Waals surface area (Å²) in [5, 5.41) is 13.7. The van der Waals surface area contributed by atoms with Crippen LogP contribution in [0.3, 0.4) is 0 Å². The van der Waals surface area contributed by atoms with E-state index in [1.54, 1.807) is 39.2 Å². The third-order valence-corrected chi connectivity index (χ3v) is 4.42. The highest BCUT2D eigenvalue weighted by atomic mass is 79.9. The van der Waals surface area contributed by atoms with E-state index < -0.39 is 23.5 Å². The van der Waals surface area contributed by atoms with Crippen molar-refractivity contribution in [2.45, 2.75) is 33.4 Å². The number of nitrogens with zero attached hydrogens (tertiary/aromatic N) is 1. The van der Waals surface area contributed by atoms with Crippen LogP contribution in [0.25, 0.3) is 0 Å². The van der Waals surface area contributed by atoms with E-state index in [1.807, 2.05) is 11.4 Å². The lowest BCUT2D eigenvalue weighted by atomic mass is 9.87. The zero-order valence-electron chi connectivity index (χ0n) is 11.9. The van der Waals surface area contributed by atoms with Gasteiger partial charge in [0, 0.05) is 21.8 Å². The first-order chi connectivity index (χ1) is 9.11. The van der Waals surface area contributed by atoms with Crippen molar-refractivity contribution in [2.24, 2.45) is 5.41 Å². The average Bonchev–Trinajstić information content (AvgIpc) is 2.69. The zero-order chi connectivity index (χ0) is 15.5. The summed E-state index contributed by atoms with van der Waals surface area (Å²) in [6, 6.07) is 0.622. The molecule has 1 aromatic rings. The molecule has 1 aromatic heterocycles. The Morgan fingerprint density at radius 1 is 1.50 bits per heavy atom. The standard InChI is InChI=1S/C13H19BrN2O3S/c1-13(2,3)10(11(17)18)15-12(19)16(4)6-9-5-8(14)7-20-9/h5,7,10H,6H2,1-4H3,(H,15,19)(H,17,18)/t10-/m1/s1. The summed E-state index contributed by atoms with van der Waals surface area (Å²) >= 11 is 4.90. The topological polar surface area (TPSA) is 69.6 Å². The molecular formula is C13H19BrN2O3S. The first-order valence-electron chi connectivity index (χ1n) is 6.08. The second-order valence-corrected chi connectivity index (χ2v) is 7.59. The highest BCUT2D eigenvalue weighted by Gasteiger charge is 2.33. The summed E-state index contributed by atoms with van der Waals surface area (Å²) in [7, 11) is 1.64. The van der Waals surface area contributed by atoms with Crippen molar-refractivity contribution in [2.75, 3.05) is 7.05 Å². The van der Waals surface area contributed by atoms with E-state index >= 15 is 0 Å². The van der Waals surface area contributed by atoms with Crippen LogP contribution in [0, 0.1) is 5.41 Å². The van der Waals surface area contributed by atoms with Crippen LogP contribution in [-0.4, -0.2) is 35.1 Å². The Kier molecular flexibility index (Phi) is 5.59. The number of carboxylic acid groups (broad SMARTS) is 1. The summed E-state index contributed by atoms with van der Waals surface area (Å²) in [5.74, 6) is -1.03. The van der Waals surface area contributed by atoms with Gasteiger partial charge in [0.2, 0.25) is 0 Å². The maximum Gasteiger partial charge on any atom is 0.326 e. The number of carboxylic acids is 1. The zero-order valence-corrected chi connectivity index (χ0v) is 14.3. The van der Waals surface area contributed by atoms with Gasteiger partial charge < -0.3 is 15.3 Å². The third kappa shape index (κ3) is 4.79. The van der Waals surface area contributed by atoms with Crippen LogP contribution in [0.4, 0.5) is 4.79 Å². The molecule has 0 radical (unpaired) electrons. The fourth-order valence-electron chi connectivity index (χ4n) is 1.62. The molecule has 0 aliphatic heterocycles. The molecule has 1 rings (SSSR count). The minimum atomic E-state index is -1.03. The van der Waals surface area contributed by atoms with Gasteiger partial charge in [-0.05, 0) is 27.4 Å². The molecule has 0 saturated carbocycles. The molecule has 1 heterocycles. The molecule has 0 aliphatic rings. The average molecular weight is 363 g/mol. The summed E-state index contributed by atoms with van der Waals surface area (Å²) in [4.78, 5) is 25.8. The molecule has 0 spiro atoms. The molecule has 20 heavy (non-hydrogen) atoms. The molecular weight excluding hydrogens is 344 g/mol. The predicted octanol–water partition coefficient (Wildman–Crippen LogP) is 3.15. The molecule has 2 amide bonds. The van der Waals surface area contributed by atoms with Gasteiger partial charge in [-0.2, -0.15) is 0 Å². The smallest absolute Gasteiger partial charge is 0.326 e. The van der Waals surface area contributed by atoms with Crippen molar-refractivity contribution in [3.05, 3.63) is 20.8 Å². The van der Waals surface area contributed by atoms with Gasteiger partial charge in [-0.15, -0.1) is 11.3 Å². The van der Waals surface area contributed by atoms with Crippen molar-refractivity contribution < 1.29 is 14.7 Å². The summed E-state index contributed by atoms with van der Waals surface area (Å²) in [6.45, 7) is 5.78. The lowest BCUT2D eigenvalue weighted by molar-refractivity contribution is -0.142. The number of carbonyl (C=O) groups excluding carboxylic acids is 1. The maximum absolute atomic E-state index is 12.1. The van der Waals surface area contributed by atoms with E-state index in [0.29, 0.717) is 6.54 Å². The Balaban J connectivity index is 2.67. The fraction of sp³-hybridized carbons (Fsp3) is 0.538. The third-order valence-electron chi connectivity index (χ3n) is 2.74. The highest BCUT2D eigenvalue weighted by Crippen LogP contribution is 2.22. The van der Waals surface area contributed by atoms with Crippen LogP contribution in [-0.2, 0) is 11.3 Å². The molecule has 7 heteroatoms. The minimum Gasteiger partial charge on any atom is -0.480 e. The van der Waals surface area contributed by atoms with Gasteiger partial charge >= 0.3 is 12.0 Å². The van der Waals surface area contributed by atoms with Crippen LogP contribution in [0.2, 0.25) is 0 Å². The van der Waals surface area contributed by atoms with Crippen molar-refractivity contribution >= 4 is 39.3 Å². The van der Waals surface area contributed by atoms with Crippen molar-refractivity contribution in [3.63, 3.8) is 0 Å². The number of amides is 2. The van der Waals surface area contributed by atoms with E-state index in [2.05, 4.69) is 21.2 Å². The molecule has 2 N–H and O–H groups in total. The SMILES string of the molecule is CN(Cc1cc(Br)cs1)C(=O)N[C@H](C(=O)O)C(C)(C)C. The normalized spacial score (nSPS) is 12.8. The number of nitrogens with one attached hydrogen (secondary N) is 1. The lowest BCUT2D eigenvalue weighted by Gasteiger charge is -2.29. The number of aliphatic carboxylic acids is 1. The van der Waals surface area contributed by atoms with Gasteiger partial charge in [0.25, 0.3) is 0 Å². The number of rotatable bonds is 4. The molecule has 5 nitrogen and oxygen atoms in total. The van der Waals surface area contributed by atoms with Gasteiger partial charge in [-0.1, -0.05) is 20.8 Å². The molecule has 0 fully saturated rings. The number of hydrogen-bond donors (Lipinski definition) is 2. The molecule has 1 atom stereocenters. The van der Waals surface area contributed by atoms with E-state index in [9.17, 15) is 14.7 Å². The number of hydrogen-bond acceptors (Lipinski definition) is 3. The van der Waals surface area contributed by atoms with E-state index in [0.717, 1.165) is 9.35 Å². The molecule has 112 valence electrons. The fourth-order valence-corrected chi connectivity index (χ4v) is 3.13. The Labute approximate surface area is 131 Å². The number of halogens is 1. The number of thiophene rings is 1. The quantitative estimate of drug-likeness (QED) is 0.864. The van der Waals surface area contributed by atoms with Crippen LogP contribution < -0.4 is 5.32 Å². The predicted molar refractivity (Wildman–Crippen MR) is 82.9 cm³/mol. The van der Waals surface area contributed by atoms with Crippen LogP contribution >= 0.6 is 27.3 Å². The van der Waals surface area contributed by atoms with Crippen LogP contribution in [0.1, 0.15) is 25.6 Å². The van der Waals surface area contributed by atoms with Crippen molar-refractivity contribution in [1.29, 1.82) is 0 Å². The Bertz CT molecular complexity index is 496. The monoisotopic (exact) mass is 362 g/mol. The van der Waals surface area contributed by atoms with E-state index in [1.165, 1.54) is 4.90 Å². The summed E-state index contributed by atoms with van der Waals surface area (Å²) in [5.41, 5.74) is -0.547. The Morgan fingerprint density at radius 2 is 2.10 bits per heavy atom. The molecule has 0 aromatic carbocycles. The van der Waals surface area contributed by atoms with Crippen LogP contribution in [0.15, 0.2) is 15.9 Å². The van der Waals surface area contributed by atoms with Crippen molar-refractivity contribution in [3.8, 4) is 0 Å². The number of urea groups is 1. The van der Waals surface area contributed by atoms with Crippen molar-refractivity contribution in [1.82, 2.24) is 10.2 Å². The first-order valence-corrected chi connectivity index (χ1v) is 7.76. The van der Waals surface area contributed by atoms with E-state index in [-0.39, 0.29) is 0 Å². The summed E-state index contributed by atoms with van der Waals surface area (Å²) < 4.78 is 0.976. The molecule has 0 aliphatic carbocycles. The Morgan fingerprint density at radius 3 is 2.50 bits per heavy atom. The molecule has 0 bridgehead atoms. The highest BCUT2D eigenvalue weighted by molar-refractivity contribution is 9.10. The maximum atomic E-state index is 12.1. The van der Waals surface area contributed by atoms with Crippen LogP contribution in [0.5, 0.6) is 0 Å². The van der Waals surface area contributed by atoms with Gasteiger partial charge in [0.1, 0.15) is 6.04 Å². The molecule has 0 unspecified atom stereocenters. The Hall–Kier alpha value is -1.08. The lowest BCUT2D eigenvalue weighted by Crippen LogP contribution is -2.52. The van der Waals surface area contributed by atoms with Gasteiger partial charge in [-0.3, -0.25) is 0 Å². The minimum absolute atomic E-state index is 0.392.